The van der Waals surface area contributed by atoms with Crippen molar-refractivity contribution in [1.82, 2.24) is 10.2 Å². The maximum atomic E-state index is 13.2. The summed E-state index contributed by atoms with van der Waals surface area (Å²) in [7, 11) is 1.61. The van der Waals surface area contributed by atoms with Gasteiger partial charge < -0.3 is 19.7 Å². The van der Waals surface area contributed by atoms with Gasteiger partial charge in [0.15, 0.2) is 6.10 Å². The average molecular weight is 451 g/mol. The number of aryl methyl sites for hydroxylation is 1. The van der Waals surface area contributed by atoms with Crippen molar-refractivity contribution in [2.75, 3.05) is 26.8 Å². The second kappa shape index (κ2) is 10.4. The minimum absolute atomic E-state index is 0.137. The monoisotopic (exact) mass is 450 g/mol. The summed E-state index contributed by atoms with van der Waals surface area (Å²) in [4.78, 5) is 27.8. The van der Waals surface area contributed by atoms with Crippen LogP contribution in [0.25, 0.3) is 0 Å². The number of nitrogens with one attached hydrogen (secondary N) is 1. The topological polar surface area (TPSA) is 67.9 Å². The molecule has 6 nitrogen and oxygen atoms in total. The molecule has 176 valence electrons. The van der Waals surface area contributed by atoms with Gasteiger partial charge in [-0.05, 0) is 61.4 Å². The van der Waals surface area contributed by atoms with E-state index in [2.05, 4.69) is 42.6 Å². The molecule has 1 saturated carbocycles. The van der Waals surface area contributed by atoms with E-state index in [1.165, 1.54) is 11.1 Å². The highest BCUT2D eigenvalue weighted by molar-refractivity contribution is 5.82. The molecule has 2 atom stereocenters. The second-order valence-electron chi connectivity index (χ2n) is 9.03. The van der Waals surface area contributed by atoms with Gasteiger partial charge in [-0.2, -0.15) is 0 Å². The molecule has 6 heteroatoms. The van der Waals surface area contributed by atoms with Crippen LogP contribution in [0.15, 0.2) is 42.5 Å². The number of rotatable bonds is 9. The molecule has 0 bridgehead atoms. The number of ether oxygens (including phenoxy) is 2. The van der Waals surface area contributed by atoms with Crippen LogP contribution in [-0.2, 0) is 20.7 Å². The predicted molar refractivity (Wildman–Crippen MR) is 127 cm³/mol. The zero-order chi connectivity index (χ0) is 23.4. The summed E-state index contributed by atoms with van der Waals surface area (Å²) in [6.07, 6.45) is 2.78. The molecule has 2 aromatic rings. The van der Waals surface area contributed by atoms with E-state index in [9.17, 15) is 9.59 Å². The van der Waals surface area contributed by atoms with Crippen LogP contribution in [0, 0.1) is 12.8 Å². The summed E-state index contributed by atoms with van der Waals surface area (Å²) < 4.78 is 11.1. The maximum absolute atomic E-state index is 13.2. The van der Waals surface area contributed by atoms with Gasteiger partial charge in [-0.25, -0.2) is 0 Å². The SMILES string of the molecule is CC[C@H](Oc1ccc2c(c1)[C@@H](c1ccc(C)cc1)N(C(=O)C1CC1)CC2)C(=O)NCCOC. The Balaban J connectivity index is 1.62. The lowest BCUT2D eigenvalue weighted by Gasteiger charge is -2.38. The van der Waals surface area contributed by atoms with Crippen LogP contribution >= 0.6 is 0 Å². The van der Waals surface area contributed by atoms with Crippen molar-refractivity contribution in [3.63, 3.8) is 0 Å². The predicted octanol–water partition coefficient (Wildman–Crippen LogP) is 3.80. The number of carbonyl (C=O) groups excluding carboxylic acids is 2. The molecule has 1 heterocycles. The van der Waals surface area contributed by atoms with Crippen molar-refractivity contribution in [1.29, 1.82) is 0 Å². The molecule has 0 saturated heterocycles. The van der Waals surface area contributed by atoms with E-state index >= 15 is 0 Å². The van der Waals surface area contributed by atoms with Gasteiger partial charge in [0.2, 0.25) is 5.91 Å². The highest BCUT2D eigenvalue weighted by atomic mass is 16.5. The van der Waals surface area contributed by atoms with Crippen molar-refractivity contribution < 1.29 is 19.1 Å². The smallest absolute Gasteiger partial charge is 0.261 e. The summed E-state index contributed by atoms with van der Waals surface area (Å²) in [5, 5.41) is 2.86. The molecule has 0 spiro atoms. The van der Waals surface area contributed by atoms with E-state index in [0.29, 0.717) is 25.3 Å². The number of carbonyl (C=O) groups is 2. The highest BCUT2D eigenvalue weighted by Gasteiger charge is 2.39. The lowest BCUT2D eigenvalue weighted by atomic mass is 9.87. The minimum Gasteiger partial charge on any atom is -0.481 e. The van der Waals surface area contributed by atoms with Gasteiger partial charge in [0.1, 0.15) is 5.75 Å². The minimum atomic E-state index is -0.578. The first-order valence-corrected chi connectivity index (χ1v) is 11.9. The summed E-state index contributed by atoms with van der Waals surface area (Å²) in [5.74, 6) is 0.925. The van der Waals surface area contributed by atoms with E-state index in [1.807, 2.05) is 24.0 Å². The van der Waals surface area contributed by atoms with E-state index in [1.54, 1.807) is 7.11 Å². The Morgan fingerprint density at radius 1 is 1.15 bits per heavy atom. The third-order valence-electron chi connectivity index (χ3n) is 6.50. The largest absolute Gasteiger partial charge is 0.481 e. The van der Waals surface area contributed by atoms with Crippen molar-refractivity contribution in [3.8, 4) is 5.75 Å². The first-order valence-electron chi connectivity index (χ1n) is 11.9. The molecule has 2 amide bonds. The molecule has 1 aliphatic carbocycles. The van der Waals surface area contributed by atoms with Crippen molar-refractivity contribution in [2.45, 2.75) is 51.7 Å². The van der Waals surface area contributed by atoms with Gasteiger partial charge in [0.25, 0.3) is 5.91 Å². The van der Waals surface area contributed by atoms with Gasteiger partial charge in [-0.1, -0.05) is 42.8 Å². The molecule has 0 unspecified atom stereocenters. The molecule has 33 heavy (non-hydrogen) atoms. The summed E-state index contributed by atoms with van der Waals surface area (Å²) in [6.45, 7) is 5.64. The number of hydrogen-bond donors (Lipinski definition) is 1. The molecule has 4 rings (SSSR count). The normalized spacial score (nSPS) is 18.4. The molecule has 2 aromatic carbocycles. The van der Waals surface area contributed by atoms with Crippen LogP contribution in [0.5, 0.6) is 5.75 Å². The van der Waals surface area contributed by atoms with Crippen molar-refractivity contribution in [3.05, 3.63) is 64.7 Å². The van der Waals surface area contributed by atoms with Crippen LogP contribution in [-0.4, -0.2) is 49.6 Å². The van der Waals surface area contributed by atoms with Crippen LogP contribution in [0.4, 0.5) is 0 Å². The molecule has 0 aromatic heterocycles. The Morgan fingerprint density at radius 2 is 1.91 bits per heavy atom. The zero-order valence-electron chi connectivity index (χ0n) is 19.8. The molecule has 0 radical (unpaired) electrons. The van der Waals surface area contributed by atoms with Gasteiger partial charge in [-0.15, -0.1) is 0 Å². The summed E-state index contributed by atoms with van der Waals surface area (Å²) in [5.41, 5.74) is 4.62. The number of hydrogen-bond acceptors (Lipinski definition) is 4. The Labute approximate surface area is 196 Å². The van der Waals surface area contributed by atoms with Gasteiger partial charge in [0, 0.05) is 26.1 Å². The lowest BCUT2D eigenvalue weighted by Crippen LogP contribution is -2.41. The number of nitrogens with zero attached hydrogens (tertiary/aromatic N) is 1. The number of fused-ring (bicyclic) bond motifs is 1. The number of benzene rings is 2. The number of amides is 2. The standard InChI is InChI=1S/C27H34N2O4/c1-4-24(26(30)28-14-16-32-3)33-22-12-11-19-13-15-29(27(31)21-9-10-21)25(23(19)17-22)20-7-5-18(2)6-8-20/h5-8,11-12,17,21,24-25H,4,9-10,13-16H2,1-3H3,(H,28,30)/t24-,25+/m0/s1. The molecular weight excluding hydrogens is 416 g/mol. The third-order valence-corrected chi connectivity index (χ3v) is 6.50. The zero-order valence-corrected chi connectivity index (χ0v) is 19.8. The highest BCUT2D eigenvalue weighted by Crippen LogP contribution is 2.41. The Kier molecular flexibility index (Phi) is 7.33. The quantitative estimate of drug-likeness (QED) is 0.590. The van der Waals surface area contributed by atoms with E-state index in [-0.39, 0.29) is 23.8 Å². The van der Waals surface area contributed by atoms with Crippen molar-refractivity contribution >= 4 is 11.8 Å². The Morgan fingerprint density at radius 3 is 2.58 bits per heavy atom. The molecule has 1 fully saturated rings. The first-order chi connectivity index (χ1) is 16.0. The van der Waals surface area contributed by atoms with Crippen LogP contribution in [0.1, 0.15) is 54.5 Å². The second-order valence-corrected chi connectivity index (χ2v) is 9.03. The van der Waals surface area contributed by atoms with Crippen molar-refractivity contribution in [2.24, 2.45) is 5.92 Å². The molecular formula is C27H34N2O4. The third kappa shape index (κ3) is 5.38. The van der Waals surface area contributed by atoms with Crippen LogP contribution < -0.4 is 10.1 Å². The summed E-state index contributed by atoms with van der Waals surface area (Å²) in [6, 6.07) is 14.3. The van der Waals surface area contributed by atoms with E-state index in [4.69, 9.17) is 9.47 Å². The van der Waals surface area contributed by atoms with E-state index in [0.717, 1.165) is 36.9 Å². The number of methoxy groups -OCH3 is 1. The van der Waals surface area contributed by atoms with Gasteiger partial charge >= 0.3 is 0 Å². The Hall–Kier alpha value is -2.86. The first kappa shape index (κ1) is 23.3. The maximum Gasteiger partial charge on any atom is 0.261 e. The van der Waals surface area contributed by atoms with Crippen LogP contribution in [0.3, 0.4) is 0 Å². The Bertz CT molecular complexity index is 984. The van der Waals surface area contributed by atoms with Gasteiger partial charge in [0.05, 0.1) is 12.6 Å². The molecule has 1 N–H and O–H groups in total. The fourth-order valence-corrected chi connectivity index (χ4v) is 4.45. The van der Waals surface area contributed by atoms with E-state index < -0.39 is 6.10 Å². The lowest BCUT2D eigenvalue weighted by molar-refractivity contribution is -0.134. The fourth-order valence-electron chi connectivity index (χ4n) is 4.45. The average Bonchev–Trinajstić information content (AvgIpc) is 3.67. The molecule has 1 aliphatic heterocycles. The molecule has 2 aliphatic rings. The van der Waals surface area contributed by atoms with Gasteiger partial charge in [-0.3, -0.25) is 9.59 Å². The summed E-state index contributed by atoms with van der Waals surface area (Å²) >= 11 is 0. The van der Waals surface area contributed by atoms with Crippen LogP contribution in [0.2, 0.25) is 0 Å². The fraction of sp³-hybridized carbons (Fsp3) is 0.481.